The Morgan fingerprint density at radius 3 is 2.35 bits per heavy atom. The maximum atomic E-state index is 12.3. The number of nitrogens with one attached hydrogen (secondary N) is 1. The molecular weight excluding hydrogens is 320 g/mol. The lowest BCUT2D eigenvalue weighted by Gasteiger charge is -2.11. The Balaban J connectivity index is 2.43. The van der Waals surface area contributed by atoms with E-state index in [1.165, 1.54) is 18.7 Å². The molecule has 0 aliphatic rings. The molecule has 2 heterocycles. The minimum absolute atomic E-state index is 0.148. The molecule has 0 aliphatic heterocycles. The summed E-state index contributed by atoms with van der Waals surface area (Å²) in [5.41, 5.74) is 2.29. The van der Waals surface area contributed by atoms with Gasteiger partial charge in [0.1, 0.15) is 5.39 Å². The molecule has 0 saturated heterocycles. The number of nitrogen functional groups attached to an aromatic ring is 1. The highest BCUT2D eigenvalue weighted by molar-refractivity contribution is 6.30. The van der Waals surface area contributed by atoms with Crippen LogP contribution in [0.3, 0.4) is 0 Å². The lowest BCUT2D eigenvalue weighted by Crippen LogP contribution is -2.38. The summed E-state index contributed by atoms with van der Waals surface area (Å²) in [7, 11) is 2.92. The van der Waals surface area contributed by atoms with Gasteiger partial charge in [-0.15, -0.1) is 0 Å². The summed E-state index contributed by atoms with van der Waals surface area (Å²) in [6.07, 6.45) is 0. The van der Waals surface area contributed by atoms with Gasteiger partial charge >= 0.3 is 5.69 Å². The SMILES string of the molecule is Cn1c(=O)c2c(NN)nc(-c3ccc(Cl)cc3)nc2n(C)c1=O. The number of aromatic nitrogens is 4. The highest BCUT2D eigenvalue weighted by Crippen LogP contribution is 2.22. The fourth-order valence-electron chi connectivity index (χ4n) is 2.29. The summed E-state index contributed by atoms with van der Waals surface area (Å²) in [5.74, 6) is 5.97. The topological polar surface area (TPSA) is 108 Å². The number of nitrogens with two attached hydrogens (primary N) is 1. The van der Waals surface area contributed by atoms with Crippen LogP contribution in [-0.4, -0.2) is 19.1 Å². The van der Waals surface area contributed by atoms with Gasteiger partial charge in [0.15, 0.2) is 17.3 Å². The zero-order valence-corrected chi connectivity index (χ0v) is 13.1. The molecule has 1 aromatic carbocycles. The maximum Gasteiger partial charge on any atom is 0.332 e. The maximum absolute atomic E-state index is 12.3. The molecule has 3 aromatic rings. The van der Waals surface area contributed by atoms with Crippen molar-refractivity contribution in [3.8, 4) is 11.4 Å². The first kappa shape index (κ1) is 15.2. The van der Waals surface area contributed by atoms with Crippen LogP contribution in [0.5, 0.6) is 0 Å². The molecule has 0 amide bonds. The van der Waals surface area contributed by atoms with Crippen molar-refractivity contribution in [3.05, 3.63) is 50.1 Å². The van der Waals surface area contributed by atoms with Crippen LogP contribution in [0.2, 0.25) is 5.02 Å². The number of benzene rings is 1. The molecule has 118 valence electrons. The summed E-state index contributed by atoms with van der Waals surface area (Å²) in [6.45, 7) is 0. The second-order valence-corrected chi connectivity index (χ2v) is 5.39. The molecule has 0 radical (unpaired) electrons. The van der Waals surface area contributed by atoms with Crippen LogP contribution in [-0.2, 0) is 14.1 Å². The third-order valence-electron chi connectivity index (χ3n) is 3.54. The van der Waals surface area contributed by atoms with Crippen LogP contribution < -0.4 is 22.5 Å². The lowest BCUT2D eigenvalue weighted by molar-refractivity contribution is 0.707. The summed E-state index contributed by atoms with van der Waals surface area (Å²) in [4.78, 5) is 33.0. The first-order valence-corrected chi connectivity index (χ1v) is 7.02. The highest BCUT2D eigenvalue weighted by atomic mass is 35.5. The molecule has 3 N–H and O–H groups in total. The van der Waals surface area contributed by atoms with Gasteiger partial charge in [-0.1, -0.05) is 11.6 Å². The second kappa shape index (κ2) is 5.49. The van der Waals surface area contributed by atoms with Gasteiger partial charge in [0.25, 0.3) is 5.56 Å². The van der Waals surface area contributed by atoms with Gasteiger partial charge in [0.2, 0.25) is 0 Å². The molecule has 0 fully saturated rings. The van der Waals surface area contributed by atoms with E-state index in [-0.39, 0.29) is 16.9 Å². The van der Waals surface area contributed by atoms with Crippen molar-refractivity contribution < 1.29 is 0 Å². The zero-order chi connectivity index (χ0) is 16.7. The van der Waals surface area contributed by atoms with Crippen molar-refractivity contribution in [3.63, 3.8) is 0 Å². The van der Waals surface area contributed by atoms with Crippen LogP contribution in [0.15, 0.2) is 33.9 Å². The Labute approximate surface area is 135 Å². The molecule has 23 heavy (non-hydrogen) atoms. The van der Waals surface area contributed by atoms with Crippen molar-refractivity contribution in [2.75, 3.05) is 5.43 Å². The monoisotopic (exact) mass is 332 g/mol. The molecule has 3 rings (SSSR count). The third-order valence-corrected chi connectivity index (χ3v) is 3.79. The van der Waals surface area contributed by atoms with Gasteiger partial charge in [-0.3, -0.25) is 13.9 Å². The van der Waals surface area contributed by atoms with Crippen molar-refractivity contribution in [1.82, 2.24) is 19.1 Å². The molecule has 2 aromatic heterocycles. The summed E-state index contributed by atoms with van der Waals surface area (Å²) < 4.78 is 2.26. The van der Waals surface area contributed by atoms with E-state index < -0.39 is 11.2 Å². The Morgan fingerprint density at radius 1 is 1.09 bits per heavy atom. The van der Waals surface area contributed by atoms with Crippen LogP contribution in [0.1, 0.15) is 0 Å². The molecule has 0 saturated carbocycles. The fourth-order valence-corrected chi connectivity index (χ4v) is 2.42. The van der Waals surface area contributed by atoms with Gasteiger partial charge in [-0.2, -0.15) is 0 Å². The molecule has 0 spiro atoms. The number of hydrogen-bond donors (Lipinski definition) is 2. The molecule has 8 nitrogen and oxygen atoms in total. The van der Waals surface area contributed by atoms with E-state index in [4.69, 9.17) is 17.4 Å². The third kappa shape index (κ3) is 2.37. The molecule has 0 bridgehead atoms. The lowest BCUT2D eigenvalue weighted by atomic mass is 10.2. The Hall–Kier alpha value is -2.71. The summed E-state index contributed by atoms with van der Waals surface area (Å²) >= 11 is 5.87. The average molecular weight is 333 g/mol. The van der Waals surface area contributed by atoms with E-state index in [2.05, 4.69) is 15.4 Å². The number of hydrogen-bond acceptors (Lipinski definition) is 6. The van der Waals surface area contributed by atoms with E-state index >= 15 is 0 Å². The minimum Gasteiger partial charge on any atom is -0.308 e. The number of aryl methyl sites for hydroxylation is 1. The first-order valence-electron chi connectivity index (χ1n) is 6.64. The fraction of sp³-hybridized carbons (Fsp3) is 0.143. The van der Waals surface area contributed by atoms with E-state index in [1.54, 1.807) is 24.3 Å². The Morgan fingerprint density at radius 2 is 1.74 bits per heavy atom. The van der Waals surface area contributed by atoms with Crippen LogP contribution >= 0.6 is 11.6 Å². The molecule has 0 unspecified atom stereocenters. The number of halogens is 1. The number of anilines is 1. The smallest absolute Gasteiger partial charge is 0.308 e. The first-order chi connectivity index (χ1) is 10.9. The van der Waals surface area contributed by atoms with Crippen molar-refractivity contribution in [1.29, 1.82) is 0 Å². The van der Waals surface area contributed by atoms with Gasteiger partial charge in [-0.25, -0.2) is 20.6 Å². The number of fused-ring (bicyclic) bond motifs is 1. The quantitative estimate of drug-likeness (QED) is 0.526. The predicted molar refractivity (Wildman–Crippen MR) is 88.3 cm³/mol. The van der Waals surface area contributed by atoms with Gasteiger partial charge < -0.3 is 5.43 Å². The van der Waals surface area contributed by atoms with Crippen LogP contribution in [0, 0.1) is 0 Å². The van der Waals surface area contributed by atoms with Crippen LogP contribution in [0.4, 0.5) is 5.82 Å². The van der Waals surface area contributed by atoms with Crippen molar-refractivity contribution in [2.45, 2.75) is 0 Å². The second-order valence-electron chi connectivity index (χ2n) is 4.95. The van der Waals surface area contributed by atoms with Gasteiger partial charge in [-0.05, 0) is 24.3 Å². The van der Waals surface area contributed by atoms with E-state index in [1.807, 2.05) is 0 Å². The number of rotatable bonds is 2. The van der Waals surface area contributed by atoms with Crippen LogP contribution in [0.25, 0.3) is 22.4 Å². The molecular formula is C14H13ClN6O2. The highest BCUT2D eigenvalue weighted by Gasteiger charge is 2.17. The van der Waals surface area contributed by atoms with Crippen molar-refractivity contribution in [2.24, 2.45) is 19.9 Å². The Bertz CT molecular complexity index is 1020. The van der Waals surface area contributed by atoms with E-state index in [0.717, 1.165) is 4.57 Å². The zero-order valence-electron chi connectivity index (χ0n) is 12.4. The average Bonchev–Trinajstić information content (AvgIpc) is 2.57. The normalized spacial score (nSPS) is 11.0. The molecule has 0 aliphatic carbocycles. The Kier molecular flexibility index (Phi) is 3.63. The van der Waals surface area contributed by atoms with E-state index in [9.17, 15) is 9.59 Å². The van der Waals surface area contributed by atoms with Crippen molar-refractivity contribution >= 4 is 28.5 Å². The summed E-state index contributed by atoms with van der Waals surface area (Å²) in [6, 6.07) is 6.87. The molecule has 9 heteroatoms. The minimum atomic E-state index is -0.515. The summed E-state index contributed by atoms with van der Waals surface area (Å²) in [5, 5.41) is 0.725. The van der Waals surface area contributed by atoms with E-state index in [0.29, 0.717) is 16.4 Å². The molecule has 0 atom stereocenters. The number of hydrazine groups is 1. The standard InChI is InChI=1S/C14H13ClN6O2/c1-20-12-9(13(22)21(2)14(20)23)11(19-16)17-10(18-12)7-3-5-8(15)6-4-7/h3-6H,16H2,1-2H3,(H,17,18,19). The van der Waals surface area contributed by atoms with Gasteiger partial charge in [0.05, 0.1) is 0 Å². The van der Waals surface area contributed by atoms with Gasteiger partial charge in [0, 0.05) is 24.7 Å². The predicted octanol–water partition coefficient (Wildman–Crippen LogP) is 0.633. The number of nitrogens with zero attached hydrogens (tertiary/aromatic N) is 4. The largest absolute Gasteiger partial charge is 0.332 e.